The van der Waals surface area contributed by atoms with Gasteiger partial charge in [0.1, 0.15) is 6.61 Å². The van der Waals surface area contributed by atoms with Gasteiger partial charge >= 0.3 is 5.97 Å². The van der Waals surface area contributed by atoms with Crippen LogP contribution in [0.1, 0.15) is 25.8 Å². The molecule has 1 aromatic rings. The Bertz CT molecular complexity index is 322. The average Bonchev–Trinajstić information content (AvgIpc) is 2.27. The van der Waals surface area contributed by atoms with Crippen molar-refractivity contribution in [1.82, 2.24) is 0 Å². The maximum atomic E-state index is 11.4. The van der Waals surface area contributed by atoms with Crippen molar-refractivity contribution in [2.75, 3.05) is 0 Å². The number of carbonyl (C=O) groups excluding carboxylic acids is 1. The van der Waals surface area contributed by atoms with Crippen LogP contribution in [0.25, 0.3) is 0 Å². The Morgan fingerprint density at radius 1 is 1.31 bits per heavy atom. The van der Waals surface area contributed by atoms with E-state index in [0.717, 1.165) is 5.56 Å². The molecule has 1 atom stereocenters. The predicted molar refractivity (Wildman–Crippen MR) is 63.7 cm³/mol. The molecule has 0 spiro atoms. The first kappa shape index (κ1) is 12.7. The normalized spacial score (nSPS) is 12.5. The van der Waals surface area contributed by atoms with Gasteiger partial charge in [-0.2, -0.15) is 0 Å². The average molecular weight is 221 g/mol. The van der Waals surface area contributed by atoms with Gasteiger partial charge in [0.05, 0.1) is 6.42 Å². The zero-order valence-electron chi connectivity index (χ0n) is 9.85. The van der Waals surface area contributed by atoms with Crippen molar-refractivity contribution in [2.24, 2.45) is 11.7 Å². The SMILES string of the molecule is CC(C)C(N)CC(=O)OCc1ccccc1. The van der Waals surface area contributed by atoms with E-state index in [1.807, 2.05) is 44.2 Å². The Balaban J connectivity index is 2.31. The standard InChI is InChI=1S/C13H19NO2/c1-10(2)12(14)8-13(15)16-9-11-6-4-3-5-7-11/h3-7,10,12H,8-9,14H2,1-2H3. The highest BCUT2D eigenvalue weighted by atomic mass is 16.5. The van der Waals surface area contributed by atoms with Crippen LogP contribution in [0.4, 0.5) is 0 Å². The van der Waals surface area contributed by atoms with E-state index in [1.54, 1.807) is 0 Å². The van der Waals surface area contributed by atoms with Gasteiger partial charge in [0, 0.05) is 6.04 Å². The summed E-state index contributed by atoms with van der Waals surface area (Å²) < 4.78 is 5.13. The van der Waals surface area contributed by atoms with E-state index in [4.69, 9.17) is 10.5 Å². The van der Waals surface area contributed by atoms with Gasteiger partial charge < -0.3 is 10.5 Å². The molecule has 16 heavy (non-hydrogen) atoms. The molecule has 0 saturated heterocycles. The molecule has 3 heteroatoms. The second kappa shape index (κ2) is 6.28. The molecule has 0 aliphatic heterocycles. The third-order valence-electron chi connectivity index (χ3n) is 2.50. The lowest BCUT2D eigenvalue weighted by molar-refractivity contribution is -0.145. The molecular formula is C13H19NO2. The molecule has 2 N–H and O–H groups in total. The Labute approximate surface area is 96.6 Å². The van der Waals surface area contributed by atoms with E-state index in [2.05, 4.69) is 0 Å². The van der Waals surface area contributed by atoms with Crippen molar-refractivity contribution >= 4 is 5.97 Å². The minimum absolute atomic E-state index is 0.122. The largest absolute Gasteiger partial charge is 0.461 e. The van der Waals surface area contributed by atoms with Gasteiger partial charge in [0.25, 0.3) is 0 Å². The van der Waals surface area contributed by atoms with E-state index >= 15 is 0 Å². The Hall–Kier alpha value is -1.35. The molecule has 1 unspecified atom stereocenters. The number of esters is 1. The van der Waals surface area contributed by atoms with Crippen molar-refractivity contribution in [2.45, 2.75) is 32.9 Å². The van der Waals surface area contributed by atoms with Gasteiger partial charge in [-0.05, 0) is 11.5 Å². The number of hydrogen-bond acceptors (Lipinski definition) is 3. The van der Waals surface area contributed by atoms with Crippen LogP contribution in [0.2, 0.25) is 0 Å². The minimum atomic E-state index is -0.231. The van der Waals surface area contributed by atoms with Gasteiger partial charge in [0.2, 0.25) is 0 Å². The van der Waals surface area contributed by atoms with Crippen molar-refractivity contribution in [3.63, 3.8) is 0 Å². The number of nitrogens with two attached hydrogens (primary N) is 1. The second-order valence-corrected chi connectivity index (χ2v) is 4.26. The van der Waals surface area contributed by atoms with E-state index in [1.165, 1.54) is 0 Å². The molecule has 0 aromatic heterocycles. The van der Waals surface area contributed by atoms with E-state index in [-0.39, 0.29) is 18.4 Å². The number of rotatable bonds is 5. The molecule has 1 rings (SSSR count). The fraction of sp³-hybridized carbons (Fsp3) is 0.462. The molecule has 0 saturated carbocycles. The first-order chi connectivity index (χ1) is 7.59. The molecule has 0 fully saturated rings. The third-order valence-corrected chi connectivity index (χ3v) is 2.50. The second-order valence-electron chi connectivity index (χ2n) is 4.26. The molecule has 0 heterocycles. The van der Waals surface area contributed by atoms with Crippen molar-refractivity contribution < 1.29 is 9.53 Å². The highest BCUT2D eigenvalue weighted by molar-refractivity contribution is 5.70. The summed E-state index contributed by atoms with van der Waals surface area (Å²) in [5.41, 5.74) is 6.78. The highest BCUT2D eigenvalue weighted by Crippen LogP contribution is 2.06. The smallest absolute Gasteiger partial charge is 0.307 e. The zero-order valence-corrected chi connectivity index (χ0v) is 9.85. The maximum Gasteiger partial charge on any atom is 0.307 e. The number of hydrogen-bond donors (Lipinski definition) is 1. The van der Waals surface area contributed by atoms with Gasteiger partial charge in [0.15, 0.2) is 0 Å². The fourth-order valence-electron chi connectivity index (χ4n) is 1.23. The molecule has 0 aliphatic rings. The Kier molecular flexibility index (Phi) is 4.99. The van der Waals surface area contributed by atoms with Crippen LogP contribution in [0.15, 0.2) is 30.3 Å². The first-order valence-corrected chi connectivity index (χ1v) is 5.54. The summed E-state index contributed by atoms with van der Waals surface area (Å²) in [5, 5.41) is 0. The molecule has 0 radical (unpaired) electrons. The van der Waals surface area contributed by atoms with Gasteiger partial charge in [-0.25, -0.2) is 0 Å². The summed E-state index contributed by atoms with van der Waals surface area (Å²) in [5.74, 6) is 0.0642. The molecule has 3 nitrogen and oxygen atoms in total. The van der Waals surface area contributed by atoms with E-state index in [9.17, 15) is 4.79 Å². The third kappa shape index (κ3) is 4.45. The van der Waals surface area contributed by atoms with Crippen molar-refractivity contribution in [3.8, 4) is 0 Å². The minimum Gasteiger partial charge on any atom is -0.461 e. The summed E-state index contributed by atoms with van der Waals surface area (Å²) in [4.78, 5) is 11.4. The Morgan fingerprint density at radius 3 is 2.50 bits per heavy atom. The number of benzene rings is 1. The lowest BCUT2D eigenvalue weighted by atomic mass is 10.0. The Morgan fingerprint density at radius 2 is 1.94 bits per heavy atom. The molecule has 0 bridgehead atoms. The lowest BCUT2D eigenvalue weighted by Crippen LogP contribution is -2.29. The van der Waals surface area contributed by atoms with Crippen LogP contribution in [-0.2, 0) is 16.1 Å². The fourth-order valence-corrected chi connectivity index (χ4v) is 1.23. The van der Waals surface area contributed by atoms with Crippen LogP contribution in [0, 0.1) is 5.92 Å². The first-order valence-electron chi connectivity index (χ1n) is 5.54. The molecule has 0 amide bonds. The quantitative estimate of drug-likeness (QED) is 0.775. The maximum absolute atomic E-state index is 11.4. The van der Waals surface area contributed by atoms with Crippen molar-refractivity contribution in [1.29, 1.82) is 0 Å². The van der Waals surface area contributed by atoms with Crippen LogP contribution in [0.5, 0.6) is 0 Å². The van der Waals surface area contributed by atoms with Crippen LogP contribution in [0.3, 0.4) is 0 Å². The number of carbonyl (C=O) groups is 1. The van der Waals surface area contributed by atoms with Crippen LogP contribution >= 0.6 is 0 Å². The summed E-state index contributed by atoms with van der Waals surface area (Å²) >= 11 is 0. The molecule has 1 aromatic carbocycles. The zero-order chi connectivity index (χ0) is 12.0. The lowest BCUT2D eigenvalue weighted by Gasteiger charge is -2.14. The topological polar surface area (TPSA) is 52.3 Å². The van der Waals surface area contributed by atoms with Gasteiger partial charge in [-0.15, -0.1) is 0 Å². The van der Waals surface area contributed by atoms with Crippen LogP contribution in [-0.4, -0.2) is 12.0 Å². The summed E-state index contributed by atoms with van der Waals surface area (Å²) in [6.07, 6.45) is 0.282. The molecule has 88 valence electrons. The highest BCUT2D eigenvalue weighted by Gasteiger charge is 2.13. The van der Waals surface area contributed by atoms with Gasteiger partial charge in [-0.3, -0.25) is 4.79 Å². The van der Waals surface area contributed by atoms with Crippen LogP contribution < -0.4 is 5.73 Å². The summed E-state index contributed by atoms with van der Waals surface area (Å²) in [7, 11) is 0. The van der Waals surface area contributed by atoms with Crippen molar-refractivity contribution in [3.05, 3.63) is 35.9 Å². The molecular weight excluding hydrogens is 202 g/mol. The summed E-state index contributed by atoms with van der Waals surface area (Å²) in [6.45, 7) is 4.31. The number of ether oxygens (including phenoxy) is 1. The monoisotopic (exact) mass is 221 g/mol. The summed E-state index contributed by atoms with van der Waals surface area (Å²) in [6, 6.07) is 9.50. The predicted octanol–water partition coefficient (Wildman–Crippen LogP) is 2.10. The van der Waals surface area contributed by atoms with E-state index in [0.29, 0.717) is 12.5 Å². The molecule has 0 aliphatic carbocycles. The van der Waals surface area contributed by atoms with Gasteiger partial charge in [-0.1, -0.05) is 44.2 Å². The van der Waals surface area contributed by atoms with E-state index < -0.39 is 0 Å².